The number of benzene rings is 2. The molecule has 0 saturated carbocycles. The maximum absolute atomic E-state index is 13.2. The first-order valence-corrected chi connectivity index (χ1v) is 8.29. The molecule has 138 valence electrons. The summed E-state index contributed by atoms with van der Waals surface area (Å²) < 4.78 is 18.3. The van der Waals surface area contributed by atoms with Crippen molar-refractivity contribution in [2.45, 2.75) is 20.4 Å². The predicted octanol–water partition coefficient (Wildman–Crippen LogP) is 3.77. The lowest BCUT2D eigenvalue weighted by Gasteiger charge is -2.23. The minimum absolute atomic E-state index is 0.107. The lowest BCUT2D eigenvalue weighted by Crippen LogP contribution is -2.44. The van der Waals surface area contributed by atoms with Crippen LogP contribution in [0.15, 0.2) is 42.5 Å². The van der Waals surface area contributed by atoms with Crippen LogP contribution in [0.2, 0.25) is 5.02 Å². The average Bonchev–Trinajstić information content (AvgIpc) is 2.63. The van der Waals surface area contributed by atoms with Gasteiger partial charge in [-0.1, -0.05) is 23.7 Å². The first-order chi connectivity index (χ1) is 12.2. The van der Waals surface area contributed by atoms with Gasteiger partial charge in [0.1, 0.15) is 17.0 Å². The monoisotopic (exact) mass is 378 g/mol. The summed E-state index contributed by atoms with van der Waals surface area (Å²) in [4.78, 5) is 24.9. The molecule has 0 aliphatic carbocycles. The number of halogens is 2. The van der Waals surface area contributed by atoms with Crippen LogP contribution in [0.25, 0.3) is 0 Å². The van der Waals surface area contributed by atoms with Gasteiger partial charge in [-0.25, -0.2) is 4.39 Å². The van der Waals surface area contributed by atoms with E-state index < -0.39 is 23.0 Å². The van der Waals surface area contributed by atoms with E-state index >= 15 is 0 Å². The largest absolute Gasteiger partial charge is 0.497 e. The van der Waals surface area contributed by atoms with Gasteiger partial charge in [-0.3, -0.25) is 9.59 Å². The van der Waals surface area contributed by atoms with E-state index in [0.29, 0.717) is 5.69 Å². The maximum atomic E-state index is 13.2. The van der Waals surface area contributed by atoms with E-state index in [0.717, 1.165) is 17.4 Å². The first kappa shape index (κ1) is 19.7. The Kier molecular flexibility index (Phi) is 6.21. The van der Waals surface area contributed by atoms with Crippen LogP contribution in [0.3, 0.4) is 0 Å². The Bertz CT molecular complexity index is 807. The van der Waals surface area contributed by atoms with Gasteiger partial charge in [-0.2, -0.15) is 0 Å². The van der Waals surface area contributed by atoms with E-state index in [9.17, 15) is 14.0 Å². The molecule has 0 radical (unpaired) electrons. The summed E-state index contributed by atoms with van der Waals surface area (Å²) in [6.07, 6.45) is 0. The molecule has 2 amide bonds. The van der Waals surface area contributed by atoms with Gasteiger partial charge in [0.05, 0.1) is 12.1 Å². The predicted molar refractivity (Wildman–Crippen MR) is 98.7 cm³/mol. The number of nitrogens with one attached hydrogen (secondary N) is 2. The summed E-state index contributed by atoms with van der Waals surface area (Å²) in [6, 6.07) is 11.0. The zero-order valence-corrected chi connectivity index (χ0v) is 15.5. The number of amides is 2. The van der Waals surface area contributed by atoms with Crippen molar-refractivity contribution in [3.05, 3.63) is 58.9 Å². The summed E-state index contributed by atoms with van der Waals surface area (Å²) in [6.45, 7) is 3.30. The third-order valence-electron chi connectivity index (χ3n) is 3.92. The van der Waals surface area contributed by atoms with Crippen molar-refractivity contribution < 1.29 is 18.7 Å². The van der Waals surface area contributed by atoms with Gasteiger partial charge in [-0.15, -0.1) is 0 Å². The summed E-state index contributed by atoms with van der Waals surface area (Å²) >= 11 is 5.70. The minimum Gasteiger partial charge on any atom is -0.497 e. The lowest BCUT2D eigenvalue weighted by atomic mass is 9.90. The lowest BCUT2D eigenvalue weighted by molar-refractivity contribution is -0.138. The molecule has 0 spiro atoms. The number of carbonyl (C=O) groups excluding carboxylic acids is 2. The second kappa shape index (κ2) is 8.19. The van der Waals surface area contributed by atoms with E-state index in [1.807, 2.05) is 12.1 Å². The zero-order chi connectivity index (χ0) is 19.3. The molecule has 7 heteroatoms. The van der Waals surface area contributed by atoms with Crippen molar-refractivity contribution in [1.29, 1.82) is 0 Å². The standard InChI is InChI=1S/C19H20ClFN2O3/c1-19(2,18(25)23-13-6-9-16(21)15(20)10-13)17(24)22-11-12-4-7-14(26-3)8-5-12/h4-10H,11H2,1-3H3,(H,22,24)(H,23,25). The smallest absolute Gasteiger partial charge is 0.239 e. The Morgan fingerprint density at radius 1 is 1.12 bits per heavy atom. The van der Waals surface area contributed by atoms with Crippen LogP contribution < -0.4 is 15.4 Å². The number of rotatable bonds is 6. The molecule has 0 fully saturated rings. The number of hydrogen-bond acceptors (Lipinski definition) is 3. The Morgan fingerprint density at radius 2 is 1.77 bits per heavy atom. The number of methoxy groups -OCH3 is 1. The molecule has 0 bridgehead atoms. The normalized spacial score (nSPS) is 11.0. The summed E-state index contributed by atoms with van der Waals surface area (Å²) in [5, 5.41) is 5.21. The number of ether oxygens (including phenoxy) is 1. The van der Waals surface area contributed by atoms with Crippen molar-refractivity contribution >= 4 is 29.1 Å². The second-order valence-electron chi connectivity index (χ2n) is 6.24. The molecule has 5 nitrogen and oxygen atoms in total. The molecule has 2 aromatic carbocycles. The van der Waals surface area contributed by atoms with Crippen LogP contribution in [-0.2, 0) is 16.1 Å². The fourth-order valence-corrected chi connectivity index (χ4v) is 2.29. The highest BCUT2D eigenvalue weighted by molar-refractivity contribution is 6.31. The van der Waals surface area contributed by atoms with Gasteiger partial charge in [0.2, 0.25) is 11.8 Å². The van der Waals surface area contributed by atoms with Crippen LogP contribution >= 0.6 is 11.6 Å². The molecular weight excluding hydrogens is 359 g/mol. The van der Waals surface area contributed by atoms with Gasteiger partial charge in [-0.05, 0) is 49.7 Å². The molecule has 2 aromatic rings. The van der Waals surface area contributed by atoms with Crippen LogP contribution in [0, 0.1) is 11.2 Å². The molecule has 2 N–H and O–H groups in total. The van der Waals surface area contributed by atoms with E-state index in [1.165, 1.54) is 26.0 Å². The van der Waals surface area contributed by atoms with Crippen molar-refractivity contribution in [3.63, 3.8) is 0 Å². The summed E-state index contributed by atoms with van der Waals surface area (Å²) in [5.41, 5.74) is -0.133. The van der Waals surface area contributed by atoms with Gasteiger partial charge < -0.3 is 15.4 Å². The van der Waals surface area contributed by atoms with E-state index in [2.05, 4.69) is 10.6 Å². The Balaban J connectivity index is 1.98. The van der Waals surface area contributed by atoms with Crippen LogP contribution in [0.5, 0.6) is 5.75 Å². The fraction of sp³-hybridized carbons (Fsp3) is 0.263. The zero-order valence-electron chi connectivity index (χ0n) is 14.7. The van der Waals surface area contributed by atoms with Crippen molar-refractivity contribution in [1.82, 2.24) is 5.32 Å². The Hall–Kier alpha value is -2.60. The fourth-order valence-electron chi connectivity index (χ4n) is 2.11. The minimum atomic E-state index is -1.33. The highest BCUT2D eigenvalue weighted by Crippen LogP contribution is 2.23. The molecule has 2 rings (SSSR count). The number of carbonyl (C=O) groups is 2. The first-order valence-electron chi connectivity index (χ1n) is 7.92. The molecule has 0 saturated heterocycles. The van der Waals surface area contributed by atoms with Crippen LogP contribution in [0.1, 0.15) is 19.4 Å². The Labute approximate surface area is 156 Å². The third-order valence-corrected chi connectivity index (χ3v) is 4.21. The van der Waals surface area contributed by atoms with Gasteiger partial charge in [0.15, 0.2) is 0 Å². The van der Waals surface area contributed by atoms with Crippen LogP contribution in [0.4, 0.5) is 10.1 Å². The molecule has 0 aliphatic rings. The van der Waals surface area contributed by atoms with Gasteiger partial charge >= 0.3 is 0 Å². The molecule has 0 heterocycles. The topological polar surface area (TPSA) is 67.4 Å². The number of anilines is 1. The molecule has 0 atom stereocenters. The quantitative estimate of drug-likeness (QED) is 0.752. The average molecular weight is 379 g/mol. The maximum Gasteiger partial charge on any atom is 0.239 e. The third kappa shape index (κ3) is 4.73. The SMILES string of the molecule is COc1ccc(CNC(=O)C(C)(C)C(=O)Nc2ccc(F)c(Cl)c2)cc1. The molecule has 0 aliphatic heterocycles. The highest BCUT2D eigenvalue weighted by atomic mass is 35.5. The summed E-state index contributed by atoms with van der Waals surface area (Å²) in [7, 11) is 1.58. The molecule has 26 heavy (non-hydrogen) atoms. The van der Waals surface area contributed by atoms with Gasteiger partial charge in [0, 0.05) is 12.2 Å². The molecular formula is C19H20ClFN2O3. The Morgan fingerprint density at radius 3 is 2.35 bits per heavy atom. The van der Waals surface area contributed by atoms with E-state index in [-0.39, 0.29) is 11.6 Å². The van der Waals surface area contributed by atoms with Crippen molar-refractivity contribution in [2.24, 2.45) is 5.41 Å². The van der Waals surface area contributed by atoms with Gasteiger partial charge in [0.25, 0.3) is 0 Å². The van der Waals surface area contributed by atoms with Crippen molar-refractivity contribution in [2.75, 3.05) is 12.4 Å². The number of hydrogen-bond donors (Lipinski definition) is 2. The van der Waals surface area contributed by atoms with E-state index in [4.69, 9.17) is 16.3 Å². The molecule has 0 aromatic heterocycles. The van der Waals surface area contributed by atoms with E-state index in [1.54, 1.807) is 19.2 Å². The van der Waals surface area contributed by atoms with Crippen LogP contribution in [-0.4, -0.2) is 18.9 Å². The van der Waals surface area contributed by atoms with Crippen molar-refractivity contribution in [3.8, 4) is 5.75 Å². The summed E-state index contributed by atoms with van der Waals surface area (Å²) in [5.74, 6) is -0.815. The second-order valence-corrected chi connectivity index (χ2v) is 6.65. The molecule has 0 unspecified atom stereocenters. The highest BCUT2D eigenvalue weighted by Gasteiger charge is 2.36.